The fourth-order valence-electron chi connectivity index (χ4n) is 1.71. The fraction of sp³-hybridized carbons (Fsp3) is 0.364. The molecule has 1 aliphatic heterocycles. The van der Waals surface area contributed by atoms with E-state index in [0.29, 0.717) is 10.0 Å². The third-order valence-electron chi connectivity index (χ3n) is 2.52. The first-order chi connectivity index (χ1) is 7.13. The summed E-state index contributed by atoms with van der Waals surface area (Å²) in [5.41, 5.74) is 1.48. The van der Waals surface area contributed by atoms with E-state index in [1.807, 2.05) is 6.92 Å². The average molecular weight is 289 g/mol. The number of carbonyl (C=O) groups is 1. The largest absolute Gasteiger partial charge is 0.293 e. The number of halogens is 2. The van der Waals surface area contributed by atoms with E-state index < -0.39 is 0 Å². The molecule has 2 rings (SSSR count). The summed E-state index contributed by atoms with van der Waals surface area (Å²) in [4.78, 5) is 11.9. The van der Waals surface area contributed by atoms with E-state index >= 15 is 0 Å². The quantitative estimate of drug-likeness (QED) is 0.782. The Bertz CT molecular complexity index is 419. The van der Waals surface area contributed by atoms with Crippen molar-refractivity contribution in [1.29, 1.82) is 0 Å². The highest BCUT2D eigenvalue weighted by Crippen LogP contribution is 2.36. The molecule has 0 radical (unpaired) electrons. The molecule has 1 atom stereocenters. The van der Waals surface area contributed by atoms with Gasteiger partial charge in [0.1, 0.15) is 5.82 Å². The summed E-state index contributed by atoms with van der Waals surface area (Å²) in [5, 5.41) is -0.00815. The van der Waals surface area contributed by atoms with E-state index in [9.17, 15) is 9.18 Å². The van der Waals surface area contributed by atoms with Crippen LogP contribution in [0.25, 0.3) is 0 Å². The van der Waals surface area contributed by atoms with Crippen LogP contribution >= 0.6 is 27.7 Å². The molecule has 1 unspecified atom stereocenters. The van der Waals surface area contributed by atoms with Gasteiger partial charge in [0.2, 0.25) is 0 Å². The lowest BCUT2D eigenvalue weighted by molar-refractivity contribution is 0.0985. The van der Waals surface area contributed by atoms with Crippen LogP contribution in [0.1, 0.15) is 29.3 Å². The predicted molar refractivity (Wildman–Crippen MR) is 63.8 cm³/mol. The van der Waals surface area contributed by atoms with Gasteiger partial charge in [0, 0.05) is 15.8 Å². The number of benzene rings is 1. The van der Waals surface area contributed by atoms with Crippen LogP contribution in [0.3, 0.4) is 0 Å². The van der Waals surface area contributed by atoms with Crippen LogP contribution in [-0.2, 0) is 5.75 Å². The average Bonchev–Trinajstić information content (AvgIpc) is 2.19. The minimum Gasteiger partial charge on any atom is -0.293 e. The monoisotopic (exact) mass is 288 g/mol. The molecule has 0 aliphatic carbocycles. The van der Waals surface area contributed by atoms with E-state index in [2.05, 4.69) is 15.9 Å². The number of thioether (sulfide) groups is 1. The van der Waals surface area contributed by atoms with E-state index in [4.69, 9.17) is 0 Å². The first kappa shape index (κ1) is 11.1. The number of carbonyl (C=O) groups excluding carboxylic acids is 1. The third kappa shape index (κ3) is 1.97. The summed E-state index contributed by atoms with van der Waals surface area (Å²) in [7, 11) is 0. The first-order valence-corrected chi connectivity index (χ1v) is 6.61. The number of hydrogen-bond acceptors (Lipinski definition) is 2. The number of ketones is 1. The number of hydrogen-bond donors (Lipinski definition) is 0. The molecule has 0 saturated heterocycles. The summed E-state index contributed by atoms with van der Waals surface area (Å²) >= 11 is 4.93. The Morgan fingerprint density at radius 3 is 3.00 bits per heavy atom. The van der Waals surface area contributed by atoms with Crippen molar-refractivity contribution in [1.82, 2.24) is 0 Å². The van der Waals surface area contributed by atoms with Crippen LogP contribution in [0, 0.1) is 5.82 Å². The summed E-state index contributed by atoms with van der Waals surface area (Å²) < 4.78 is 13.9. The molecule has 4 heteroatoms. The molecule has 1 aliphatic rings. The Hall–Kier alpha value is -0.350. The maximum atomic E-state index is 13.2. The van der Waals surface area contributed by atoms with Gasteiger partial charge in [-0.1, -0.05) is 22.9 Å². The van der Waals surface area contributed by atoms with Gasteiger partial charge in [0.25, 0.3) is 0 Å². The molecule has 0 aromatic heterocycles. The van der Waals surface area contributed by atoms with Gasteiger partial charge in [0.05, 0.1) is 5.25 Å². The van der Waals surface area contributed by atoms with Gasteiger partial charge < -0.3 is 0 Å². The minimum atomic E-state index is -0.351. The van der Waals surface area contributed by atoms with Crippen molar-refractivity contribution in [3.8, 4) is 0 Å². The van der Waals surface area contributed by atoms with Crippen molar-refractivity contribution in [3.63, 3.8) is 0 Å². The zero-order valence-corrected chi connectivity index (χ0v) is 10.6. The van der Waals surface area contributed by atoms with Gasteiger partial charge in [-0.2, -0.15) is 0 Å². The number of rotatable bonds is 1. The normalized spacial score (nSPS) is 20.2. The van der Waals surface area contributed by atoms with Crippen LogP contribution in [0.4, 0.5) is 4.39 Å². The van der Waals surface area contributed by atoms with Gasteiger partial charge in [-0.3, -0.25) is 4.79 Å². The van der Waals surface area contributed by atoms with E-state index in [1.165, 1.54) is 12.1 Å². The van der Waals surface area contributed by atoms with Gasteiger partial charge in [-0.05, 0) is 24.1 Å². The van der Waals surface area contributed by atoms with Crippen molar-refractivity contribution < 1.29 is 9.18 Å². The molecule has 15 heavy (non-hydrogen) atoms. The van der Waals surface area contributed by atoms with Crippen LogP contribution in [0.15, 0.2) is 16.6 Å². The van der Waals surface area contributed by atoms with Crippen molar-refractivity contribution >= 4 is 33.5 Å². The smallest absolute Gasteiger partial charge is 0.176 e. The highest BCUT2D eigenvalue weighted by Gasteiger charge is 2.28. The van der Waals surface area contributed by atoms with Crippen molar-refractivity contribution in [2.24, 2.45) is 0 Å². The van der Waals surface area contributed by atoms with E-state index in [0.717, 1.165) is 17.7 Å². The Kier molecular flexibility index (Phi) is 3.16. The van der Waals surface area contributed by atoms with E-state index in [-0.39, 0.29) is 16.9 Å². The van der Waals surface area contributed by atoms with Gasteiger partial charge >= 0.3 is 0 Å². The Morgan fingerprint density at radius 1 is 1.60 bits per heavy atom. The molecule has 1 aromatic carbocycles. The second kappa shape index (κ2) is 4.26. The molecule has 0 fully saturated rings. The first-order valence-electron chi connectivity index (χ1n) is 4.77. The van der Waals surface area contributed by atoms with Crippen molar-refractivity contribution in [2.45, 2.75) is 24.3 Å². The van der Waals surface area contributed by atoms with Gasteiger partial charge in [-0.15, -0.1) is 11.8 Å². The molecular formula is C11H10BrFOS. The fourth-order valence-corrected chi connectivity index (χ4v) is 3.66. The summed E-state index contributed by atoms with van der Waals surface area (Å²) in [6.07, 6.45) is 0.803. The molecule has 0 bridgehead atoms. The lowest BCUT2D eigenvalue weighted by Gasteiger charge is -2.22. The predicted octanol–water partition coefficient (Wildman–Crippen LogP) is 3.80. The molecule has 1 aromatic rings. The van der Waals surface area contributed by atoms with Crippen LogP contribution in [-0.4, -0.2) is 11.0 Å². The maximum absolute atomic E-state index is 13.2. The molecule has 0 saturated carbocycles. The highest BCUT2D eigenvalue weighted by molar-refractivity contribution is 9.10. The van der Waals surface area contributed by atoms with Crippen molar-refractivity contribution in [2.75, 3.05) is 0 Å². The molecule has 80 valence electrons. The summed E-state index contributed by atoms with van der Waals surface area (Å²) in [6.45, 7) is 1.98. The second-order valence-electron chi connectivity index (χ2n) is 3.49. The Labute approximate surface area is 101 Å². The molecule has 0 N–H and O–H groups in total. The minimum absolute atomic E-state index is 0.00815. The molecule has 0 amide bonds. The topological polar surface area (TPSA) is 17.1 Å². The zero-order chi connectivity index (χ0) is 11.0. The van der Waals surface area contributed by atoms with Crippen molar-refractivity contribution in [3.05, 3.63) is 33.5 Å². The number of Topliss-reactive ketones (excluding diaryl/α,β-unsaturated/α-hetero) is 1. The Morgan fingerprint density at radius 2 is 2.33 bits per heavy atom. The third-order valence-corrected chi connectivity index (χ3v) is 4.63. The van der Waals surface area contributed by atoms with Gasteiger partial charge in [0.15, 0.2) is 5.78 Å². The van der Waals surface area contributed by atoms with Crippen LogP contribution in [0.2, 0.25) is 0 Å². The van der Waals surface area contributed by atoms with Gasteiger partial charge in [-0.25, -0.2) is 4.39 Å². The second-order valence-corrected chi connectivity index (χ2v) is 5.53. The lowest BCUT2D eigenvalue weighted by atomic mass is 10.0. The molecular weight excluding hydrogens is 279 g/mol. The van der Waals surface area contributed by atoms with Crippen LogP contribution in [0.5, 0.6) is 0 Å². The summed E-state index contributed by atoms with van der Waals surface area (Å²) in [5.74, 6) is 0.486. The van der Waals surface area contributed by atoms with E-state index in [1.54, 1.807) is 11.8 Å². The van der Waals surface area contributed by atoms with Crippen LogP contribution < -0.4 is 0 Å². The standard InChI is InChI=1S/C11H10BrFOS/c1-2-10-11(14)7-3-6(13)4-9(12)8(7)5-15-10/h3-4,10H,2,5H2,1H3. The molecule has 1 nitrogen and oxygen atoms in total. The summed E-state index contributed by atoms with van der Waals surface area (Å²) in [6, 6.07) is 2.77. The number of fused-ring (bicyclic) bond motifs is 1. The lowest BCUT2D eigenvalue weighted by Crippen LogP contribution is -2.23. The molecule has 1 heterocycles. The zero-order valence-electron chi connectivity index (χ0n) is 8.22. The Balaban J connectivity index is 2.51. The maximum Gasteiger partial charge on any atom is 0.176 e. The SMILES string of the molecule is CCC1SCc2c(Br)cc(F)cc2C1=O. The highest BCUT2D eigenvalue weighted by atomic mass is 79.9. The molecule has 0 spiro atoms.